The normalized spacial score (nSPS) is 22.5. The highest BCUT2D eigenvalue weighted by Gasteiger charge is 2.31. The number of nitrogens with one attached hydrogen (secondary N) is 1. The summed E-state index contributed by atoms with van der Waals surface area (Å²) in [6.45, 7) is 1.26. The minimum absolute atomic E-state index is 0.0153. The second-order valence-electron chi connectivity index (χ2n) is 5.84. The van der Waals surface area contributed by atoms with Gasteiger partial charge in [-0.3, -0.25) is 0 Å². The first kappa shape index (κ1) is 17.3. The van der Waals surface area contributed by atoms with E-state index in [2.05, 4.69) is 10.3 Å². The zero-order valence-corrected chi connectivity index (χ0v) is 13.5. The molecule has 2 aromatic rings. The minimum atomic E-state index is -4.45. The summed E-state index contributed by atoms with van der Waals surface area (Å²) in [5.41, 5.74) is -0.138. The van der Waals surface area contributed by atoms with Gasteiger partial charge in [-0.05, 0) is 31.5 Å². The highest BCUT2D eigenvalue weighted by Crippen LogP contribution is 2.34. The van der Waals surface area contributed by atoms with Gasteiger partial charge in [-0.25, -0.2) is 4.98 Å². The fourth-order valence-electron chi connectivity index (χ4n) is 2.87. The number of aliphatic hydroxyl groups excluding tert-OH is 1. The molecule has 2 heterocycles. The van der Waals surface area contributed by atoms with Gasteiger partial charge in [0.25, 0.3) is 0 Å². The van der Waals surface area contributed by atoms with Crippen LogP contribution in [-0.2, 0) is 12.7 Å². The summed E-state index contributed by atoms with van der Waals surface area (Å²) in [7, 11) is 0. The van der Waals surface area contributed by atoms with Crippen molar-refractivity contribution in [1.29, 1.82) is 0 Å². The Morgan fingerprint density at radius 1 is 1.42 bits per heavy atom. The van der Waals surface area contributed by atoms with E-state index >= 15 is 0 Å². The molecule has 4 nitrogen and oxygen atoms in total. The molecule has 1 aromatic carbocycles. The van der Waals surface area contributed by atoms with Crippen LogP contribution in [0.2, 0.25) is 5.02 Å². The molecule has 0 aliphatic carbocycles. The van der Waals surface area contributed by atoms with Gasteiger partial charge in [0.1, 0.15) is 0 Å². The molecule has 8 heteroatoms. The molecule has 0 radical (unpaired) electrons. The number of rotatable bonds is 3. The summed E-state index contributed by atoms with van der Waals surface area (Å²) in [5, 5.41) is 13.1. The van der Waals surface area contributed by atoms with Crippen molar-refractivity contribution in [1.82, 2.24) is 14.9 Å². The number of nitrogens with zero attached hydrogens (tertiary/aromatic N) is 2. The summed E-state index contributed by atoms with van der Waals surface area (Å²) < 4.78 is 40.1. The molecule has 2 N–H and O–H groups in total. The van der Waals surface area contributed by atoms with Crippen molar-refractivity contribution in [2.75, 3.05) is 6.54 Å². The summed E-state index contributed by atoms with van der Waals surface area (Å²) in [5.74, 6) is 0. The topological polar surface area (TPSA) is 50.1 Å². The van der Waals surface area contributed by atoms with E-state index in [0.717, 1.165) is 31.5 Å². The SMILES string of the molecule is O[C@H]1CCCN[C@@H]1/C=C/Cn1cnc2cc(C(F)(F)F)cc(Cl)c21. The molecule has 1 saturated heterocycles. The van der Waals surface area contributed by atoms with Crippen LogP contribution in [0.5, 0.6) is 0 Å². The van der Waals surface area contributed by atoms with Gasteiger partial charge in [-0.2, -0.15) is 13.2 Å². The first-order valence-electron chi connectivity index (χ1n) is 7.66. The number of aliphatic hydroxyl groups is 1. The van der Waals surface area contributed by atoms with Crippen molar-refractivity contribution < 1.29 is 18.3 Å². The van der Waals surface area contributed by atoms with Crippen LogP contribution >= 0.6 is 11.6 Å². The van der Waals surface area contributed by atoms with Crippen LogP contribution < -0.4 is 5.32 Å². The highest BCUT2D eigenvalue weighted by molar-refractivity contribution is 6.35. The number of alkyl halides is 3. The lowest BCUT2D eigenvalue weighted by molar-refractivity contribution is -0.137. The van der Waals surface area contributed by atoms with E-state index in [9.17, 15) is 18.3 Å². The zero-order valence-electron chi connectivity index (χ0n) is 12.7. The molecule has 2 atom stereocenters. The maximum absolute atomic E-state index is 12.8. The Bertz CT molecular complexity index is 757. The van der Waals surface area contributed by atoms with Crippen LogP contribution in [0.4, 0.5) is 13.2 Å². The largest absolute Gasteiger partial charge is 0.416 e. The number of piperidine rings is 1. The molecule has 1 fully saturated rings. The van der Waals surface area contributed by atoms with Gasteiger partial charge in [0.05, 0.1) is 40.1 Å². The third kappa shape index (κ3) is 3.58. The fraction of sp³-hybridized carbons (Fsp3) is 0.438. The maximum atomic E-state index is 12.8. The van der Waals surface area contributed by atoms with Crippen LogP contribution in [0.15, 0.2) is 30.6 Å². The molecule has 24 heavy (non-hydrogen) atoms. The molecule has 0 unspecified atom stereocenters. The monoisotopic (exact) mass is 359 g/mol. The molecule has 0 saturated carbocycles. The number of hydrogen-bond acceptors (Lipinski definition) is 3. The Morgan fingerprint density at radius 2 is 2.21 bits per heavy atom. The smallest absolute Gasteiger partial charge is 0.391 e. The molecule has 0 spiro atoms. The Kier molecular flexibility index (Phi) is 4.85. The van der Waals surface area contributed by atoms with Crippen LogP contribution in [0.25, 0.3) is 11.0 Å². The lowest BCUT2D eigenvalue weighted by atomic mass is 10.0. The number of fused-ring (bicyclic) bond motifs is 1. The van der Waals surface area contributed by atoms with Crippen molar-refractivity contribution in [3.63, 3.8) is 0 Å². The molecular weight excluding hydrogens is 343 g/mol. The predicted molar refractivity (Wildman–Crippen MR) is 85.9 cm³/mol. The van der Waals surface area contributed by atoms with Crippen molar-refractivity contribution in [2.24, 2.45) is 0 Å². The van der Waals surface area contributed by atoms with Crippen LogP contribution in [0.3, 0.4) is 0 Å². The van der Waals surface area contributed by atoms with E-state index in [1.165, 1.54) is 6.33 Å². The third-order valence-corrected chi connectivity index (χ3v) is 4.40. The predicted octanol–water partition coefficient (Wildman–Crippen LogP) is 3.38. The second-order valence-corrected chi connectivity index (χ2v) is 6.25. The van der Waals surface area contributed by atoms with Crippen LogP contribution in [-0.4, -0.2) is 33.3 Å². The summed E-state index contributed by atoms with van der Waals surface area (Å²) in [4.78, 5) is 4.01. The summed E-state index contributed by atoms with van der Waals surface area (Å²) in [6.07, 6.45) is 1.99. The second kappa shape index (κ2) is 6.74. The van der Waals surface area contributed by atoms with E-state index in [0.29, 0.717) is 12.1 Å². The number of allylic oxidation sites excluding steroid dienone is 1. The molecule has 1 aliphatic heterocycles. The average molecular weight is 360 g/mol. The molecule has 130 valence electrons. The van der Waals surface area contributed by atoms with E-state index < -0.39 is 17.8 Å². The van der Waals surface area contributed by atoms with Crippen LogP contribution in [0, 0.1) is 0 Å². The maximum Gasteiger partial charge on any atom is 0.416 e. The lowest BCUT2D eigenvalue weighted by Crippen LogP contribution is -2.43. The number of aromatic nitrogens is 2. The van der Waals surface area contributed by atoms with Gasteiger partial charge in [-0.1, -0.05) is 23.8 Å². The Hall–Kier alpha value is -1.57. The van der Waals surface area contributed by atoms with Crippen molar-refractivity contribution in [3.05, 3.63) is 41.2 Å². The Labute approximate surface area is 141 Å². The molecule has 0 bridgehead atoms. The first-order chi connectivity index (χ1) is 11.4. The standard InChI is InChI=1S/C16H17ClF3N3O/c17-11-7-10(16(18,19)20)8-13-15(11)23(9-22-13)6-2-3-12-14(24)4-1-5-21-12/h2-3,7-9,12,14,21,24H,1,4-6H2/b3-2+/t12-,14+/m1/s1. The van der Waals surface area contributed by atoms with E-state index in [1.54, 1.807) is 4.57 Å². The van der Waals surface area contributed by atoms with Gasteiger partial charge in [-0.15, -0.1) is 0 Å². The molecule has 1 aromatic heterocycles. The molecular formula is C16H17ClF3N3O. The van der Waals surface area contributed by atoms with Gasteiger partial charge in [0, 0.05) is 6.54 Å². The summed E-state index contributed by atoms with van der Waals surface area (Å²) in [6, 6.07) is 1.80. The van der Waals surface area contributed by atoms with E-state index in [1.807, 2.05) is 12.2 Å². The Balaban J connectivity index is 1.80. The highest BCUT2D eigenvalue weighted by atomic mass is 35.5. The lowest BCUT2D eigenvalue weighted by Gasteiger charge is -2.26. The van der Waals surface area contributed by atoms with Gasteiger partial charge in [0.2, 0.25) is 0 Å². The van der Waals surface area contributed by atoms with Crippen LogP contribution in [0.1, 0.15) is 18.4 Å². The van der Waals surface area contributed by atoms with Crippen molar-refractivity contribution >= 4 is 22.6 Å². The van der Waals surface area contributed by atoms with Gasteiger partial charge in [0.15, 0.2) is 0 Å². The van der Waals surface area contributed by atoms with E-state index in [-0.39, 0.29) is 16.6 Å². The first-order valence-corrected chi connectivity index (χ1v) is 8.04. The average Bonchev–Trinajstić information content (AvgIpc) is 2.92. The zero-order chi connectivity index (χ0) is 17.3. The van der Waals surface area contributed by atoms with Gasteiger partial charge < -0.3 is 15.0 Å². The van der Waals surface area contributed by atoms with E-state index in [4.69, 9.17) is 11.6 Å². The third-order valence-electron chi connectivity index (χ3n) is 4.11. The fourth-order valence-corrected chi connectivity index (χ4v) is 3.19. The quantitative estimate of drug-likeness (QED) is 0.826. The Morgan fingerprint density at radius 3 is 2.92 bits per heavy atom. The van der Waals surface area contributed by atoms with Crippen molar-refractivity contribution in [3.8, 4) is 0 Å². The number of benzene rings is 1. The number of halogens is 4. The number of hydrogen-bond donors (Lipinski definition) is 2. The summed E-state index contributed by atoms with van der Waals surface area (Å²) >= 11 is 6.03. The minimum Gasteiger partial charge on any atom is -0.391 e. The number of imidazole rings is 1. The van der Waals surface area contributed by atoms with Gasteiger partial charge >= 0.3 is 6.18 Å². The van der Waals surface area contributed by atoms with Crippen molar-refractivity contribution in [2.45, 2.75) is 37.7 Å². The molecule has 1 aliphatic rings. The molecule has 3 rings (SSSR count). The molecule has 0 amide bonds.